The van der Waals surface area contributed by atoms with Crippen molar-refractivity contribution in [3.63, 3.8) is 0 Å². The molecule has 2 heterocycles. The van der Waals surface area contributed by atoms with Gasteiger partial charge in [0.25, 0.3) is 5.91 Å². The Morgan fingerprint density at radius 3 is 2.64 bits per heavy atom. The maximum absolute atomic E-state index is 13.9. The normalized spacial score (nSPS) is 18.4. The summed E-state index contributed by atoms with van der Waals surface area (Å²) in [4.78, 5) is 38.6. The molecule has 2 atom stereocenters. The summed E-state index contributed by atoms with van der Waals surface area (Å²) in [5.41, 5.74) is -2.89. The second-order valence-corrected chi connectivity index (χ2v) is 11.9. The SMILES string of the molecule is CCOP(C)(=O)CCOC1Cn2cc(C(=O)NCc3ccc(F)cc3F)c(=O)c(O)c2C(=O)C1(C)C. The fourth-order valence-corrected chi connectivity index (χ4v) is 5.06. The molecule has 2 N–H and O–H groups in total. The van der Waals surface area contributed by atoms with E-state index < -0.39 is 59.0 Å². The van der Waals surface area contributed by atoms with Crippen molar-refractivity contribution < 1.29 is 37.3 Å². The molecule has 9 nitrogen and oxygen atoms in total. The van der Waals surface area contributed by atoms with Crippen LogP contribution in [0.3, 0.4) is 0 Å². The van der Waals surface area contributed by atoms with E-state index >= 15 is 0 Å². The molecule has 1 amide bonds. The molecule has 1 aliphatic heterocycles. The van der Waals surface area contributed by atoms with Gasteiger partial charge in [0.05, 0.1) is 31.3 Å². The lowest BCUT2D eigenvalue weighted by Gasteiger charge is -2.39. The number of ketones is 1. The molecule has 12 heteroatoms. The number of ether oxygens (including phenoxy) is 1. The molecule has 2 unspecified atom stereocenters. The van der Waals surface area contributed by atoms with Gasteiger partial charge in [0.2, 0.25) is 12.8 Å². The minimum atomic E-state index is -2.86. The van der Waals surface area contributed by atoms with E-state index in [9.17, 15) is 32.8 Å². The van der Waals surface area contributed by atoms with Crippen molar-refractivity contribution >= 4 is 19.1 Å². The number of fused-ring (bicyclic) bond motifs is 1. The van der Waals surface area contributed by atoms with E-state index in [4.69, 9.17) is 9.26 Å². The molecule has 0 saturated carbocycles. The van der Waals surface area contributed by atoms with Crippen LogP contribution in [0.1, 0.15) is 47.2 Å². The second kappa shape index (κ2) is 10.6. The van der Waals surface area contributed by atoms with Crippen LogP contribution in [-0.2, 0) is 26.9 Å². The Hall–Kier alpha value is -2.88. The van der Waals surface area contributed by atoms with Crippen LogP contribution in [0.4, 0.5) is 8.78 Å². The number of aromatic nitrogens is 1. The number of Topliss-reactive ketones (excluding diaryl/α,β-unsaturated/α-hetero) is 1. The van der Waals surface area contributed by atoms with E-state index in [1.165, 1.54) is 11.2 Å². The van der Waals surface area contributed by atoms with Crippen molar-refractivity contribution in [2.45, 2.75) is 40.0 Å². The first-order valence-corrected chi connectivity index (χ1v) is 13.6. The average molecular weight is 526 g/mol. The predicted octanol–water partition coefficient (Wildman–Crippen LogP) is 3.31. The van der Waals surface area contributed by atoms with Crippen LogP contribution in [-0.4, -0.2) is 53.5 Å². The van der Waals surface area contributed by atoms with Crippen LogP contribution in [0.5, 0.6) is 5.75 Å². The Bertz CT molecular complexity index is 1290. The number of amides is 1. The molecule has 0 spiro atoms. The first-order valence-electron chi connectivity index (χ1n) is 11.3. The number of aromatic hydroxyl groups is 1. The lowest BCUT2D eigenvalue weighted by molar-refractivity contribution is -0.0275. The van der Waals surface area contributed by atoms with E-state index in [0.29, 0.717) is 12.7 Å². The third-order valence-corrected chi connectivity index (χ3v) is 7.94. The Labute approximate surface area is 206 Å². The maximum atomic E-state index is 13.9. The average Bonchev–Trinajstić information content (AvgIpc) is 2.78. The number of carbonyl (C=O) groups excluding carboxylic acids is 2. The number of benzene rings is 1. The molecule has 0 fully saturated rings. The third kappa shape index (κ3) is 5.74. The van der Waals surface area contributed by atoms with E-state index in [1.807, 2.05) is 0 Å². The number of hydrogen-bond donors (Lipinski definition) is 2. The highest BCUT2D eigenvalue weighted by molar-refractivity contribution is 7.58. The lowest BCUT2D eigenvalue weighted by Crippen LogP contribution is -2.48. The minimum Gasteiger partial charge on any atom is -0.503 e. The molecular weight excluding hydrogens is 497 g/mol. The van der Waals surface area contributed by atoms with Gasteiger partial charge >= 0.3 is 0 Å². The number of carbonyl (C=O) groups is 2. The van der Waals surface area contributed by atoms with Crippen LogP contribution in [0.15, 0.2) is 29.2 Å². The zero-order valence-corrected chi connectivity index (χ0v) is 21.4. The molecule has 1 aliphatic rings. The van der Waals surface area contributed by atoms with Crippen LogP contribution in [0, 0.1) is 17.0 Å². The summed E-state index contributed by atoms with van der Waals surface area (Å²) in [5.74, 6) is -3.98. The summed E-state index contributed by atoms with van der Waals surface area (Å²) in [6, 6.07) is 2.86. The number of nitrogens with one attached hydrogen (secondary N) is 1. The highest BCUT2D eigenvalue weighted by atomic mass is 31.2. The molecule has 0 bridgehead atoms. The van der Waals surface area contributed by atoms with Crippen LogP contribution >= 0.6 is 7.37 Å². The second-order valence-electron chi connectivity index (χ2n) is 9.21. The molecule has 0 aliphatic carbocycles. The number of hydrogen-bond acceptors (Lipinski definition) is 7. The van der Waals surface area contributed by atoms with Crippen molar-refractivity contribution in [1.82, 2.24) is 9.88 Å². The van der Waals surface area contributed by atoms with Gasteiger partial charge < -0.3 is 24.3 Å². The van der Waals surface area contributed by atoms with E-state index in [2.05, 4.69) is 5.32 Å². The molecule has 0 radical (unpaired) electrons. The van der Waals surface area contributed by atoms with Crippen molar-refractivity contribution in [1.29, 1.82) is 0 Å². The monoisotopic (exact) mass is 526 g/mol. The van der Waals surface area contributed by atoms with Gasteiger partial charge in [-0.2, -0.15) is 0 Å². The quantitative estimate of drug-likeness (QED) is 0.481. The molecule has 2 aromatic rings. The minimum absolute atomic E-state index is 0.00214. The van der Waals surface area contributed by atoms with Crippen molar-refractivity contribution in [3.05, 3.63) is 63.1 Å². The van der Waals surface area contributed by atoms with Crippen molar-refractivity contribution in [2.75, 3.05) is 26.0 Å². The van der Waals surface area contributed by atoms with Crippen LogP contribution in [0.25, 0.3) is 0 Å². The van der Waals surface area contributed by atoms with Gasteiger partial charge in [0.15, 0.2) is 11.5 Å². The predicted molar refractivity (Wildman–Crippen MR) is 128 cm³/mol. The topological polar surface area (TPSA) is 124 Å². The van der Waals surface area contributed by atoms with E-state index in [-0.39, 0.29) is 37.1 Å². The fraction of sp³-hybridized carbons (Fsp3) is 0.458. The Balaban J connectivity index is 1.84. The summed E-state index contributed by atoms with van der Waals surface area (Å²) in [6.45, 7) is 6.48. The lowest BCUT2D eigenvalue weighted by atomic mass is 9.77. The van der Waals surface area contributed by atoms with Gasteiger partial charge in [-0.1, -0.05) is 6.07 Å². The standard InChI is InChI=1S/C24H29F2N2O7P/c1-5-35-36(4,33)9-8-34-18-13-28-12-16(20(29)21(30)19(28)22(31)24(18,2)3)23(32)27-11-14-6-7-15(25)10-17(14)26/h6-7,10,12,18,30H,5,8-9,11,13H2,1-4H3,(H,27,32). The Morgan fingerprint density at radius 2 is 2.00 bits per heavy atom. The van der Waals surface area contributed by atoms with Crippen molar-refractivity contribution in [2.24, 2.45) is 5.41 Å². The highest BCUT2D eigenvalue weighted by Crippen LogP contribution is 2.42. The largest absolute Gasteiger partial charge is 0.503 e. The van der Waals surface area contributed by atoms with Crippen LogP contribution in [0.2, 0.25) is 0 Å². The van der Waals surface area contributed by atoms with Gasteiger partial charge in [-0.3, -0.25) is 18.9 Å². The van der Waals surface area contributed by atoms with Crippen LogP contribution < -0.4 is 10.7 Å². The maximum Gasteiger partial charge on any atom is 0.257 e. The summed E-state index contributed by atoms with van der Waals surface area (Å²) < 4.78 is 51.7. The van der Waals surface area contributed by atoms with Gasteiger partial charge in [-0.25, -0.2) is 8.78 Å². The molecule has 36 heavy (non-hydrogen) atoms. The third-order valence-electron chi connectivity index (χ3n) is 6.14. The van der Waals surface area contributed by atoms with Gasteiger partial charge in [-0.15, -0.1) is 0 Å². The summed E-state index contributed by atoms with van der Waals surface area (Å²) in [7, 11) is -2.86. The van der Waals surface area contributed by atoms with E-state index in [0.717, 1.165) is 18.3 Å². The zero-order valence-electron chi connectivity index (χ0n) is 20.5. The summed E-state index contributed by atoms with van der Waals surface area (Å²) >= 11 is 0. The van der Waals surface area contributed by atoms with Gasteiger partial charge in [0, 0.05) is 37.2 Å². The molecular formula is C24H29F2N2O7P. The summed E-state index contributed by atoms with van der Waals surface area (Å²) in [6.07, 6.45) is 0.560. The molecule has 0 saturated heterocycles. The summed E-state index contributed by atoms with van der Waals surface area (Å²) in [5, 5.41) is 12.9. The molecule has 1 aromatic carbocycles. The Morgan fingerprint density at radius 1 is 1.31 bits per heavy atom. The van der Waals surface area contributed by atoms with Gasteiger partial charge in [0.1, 0.15) is 22.9 Å². The highest BCUT2D eigenvalue weighted by Gasteiger charge is 2.45. The van der Waals surface area contributed by atoms with E-state index in [1.54, 1.807) is 20.8 Å². The molecule has 3 rings (SSSR count). The number of halogens is 2. The molecule has 1 aromatic heterocycles. The van der Waals surface area contributed by atoms with Crippen molar-refractivity contribution in [3.8, 4) is 5.75 Å². The molecule has 196 valence electrons. The number of nitrogens with zero attached hydrogens (tertiary/aromatic N) is 1. The zero-order chi connectivity index (χ0) is 26.8. The van der Waals surface area contributed by atoms with Gasteiger partial charge in [-0.05, 0) is 26.8 Å². The fourth-order valence-electron chi connectivity index (χ4n) is 3.95. The number of rotatable bonds is 9. The Kier molecular flexibility index (Phi) is 8.17. The first kappa shape index (κ1) is 27.7. The number of pyridine rings is 1. The first-order chi connectivity index (χ1) is 16.8. The smallest absolute Gasteiger partial charge is 0.257 e.